The third kappa shape index (κ3) is 2.76. The van der Waals surface area contributed by atoms with Gasteiger partial charge in [-0.3, -0.25) is 4.98 Å². The van der Waals surface area contributed by atoms with Crippen LogP contribution in [0.4, 0.5) is 17.6 Å². The molecule has 1 aromatic carbocycles. The molecule has 0 amide bonds. The summed E-state index contributed by atoms with van der Waals surface area (Å²) in [6.07, 6.45) is 0.924. The molecule has 2 N–H and O–H groups in total. The van der Waals surface area contributed by atoms with Gasteiger partial charge in [0.05, 0.1) is 16.6 Å². The van der Waals surface area contributed by atoms with Crippen LogP contribution in [-0.4, -0.2) is 31.3 Å². The zero-order chi connectivity index (χ0) is 18.4. The fraction of sp³-hybridized carbons (Fsp3) is 0.133. The SMILES string of the molecule is O=c1[nH]c2cc3cc(-c4cn(C(F)F)nc4OC(F)F)ccc3nc2[nH]1. The monoisotopic (exact) mass is 367 g/mol. The highest BCUT2D eigenvalue weighted by Crippen LogP contribution is 2.33. The molecule has 3 heterocycles. The van der Waals surface area contributed by atoms with Gasteiger partial charge in [-0.2, -0.15) is 17.6 Å². The van der Waals surface area contributed by atoms with Crippen LogP contribution in [0, 0.1) is 0 Å². The Morgan fingerprint density at radius 2 is 1.92 bits per heavy atom. The van der Waals surface area contributed by atoms with Crippen molar-refractivity contribution < 1.29 is 22.3 Å². The van der Waals surface area contributed by atoms with E-state index in [-0.39, 0.29) is 10.2 Å². The number of nitrogens with zero attached hydrogens (tertiary/aromatic N) is 3. The molecule has 0 unspecified atom stereocenters. The van der Waals surface area contributed by atoms with E-state index >= 15 is 0 Å². The predicted molar refractivity (Wildman–Crippen MR) is 83.3 cm³/mol. The number of pyridine rings is 1. The van der Waals surface area contributed by atoms with E-state index in [1.54, 1.807) is 18.2 Å². The van der Waals surface area contributed by atoms with Crippen molar-refractivity contribution in [3.05, 3.63) is 40.9 Å². The first kappa shape index (κ1) is 16.1. The Kier molecular flexibility index (Phi) is 3.63. The minimum absolute atomic E-state index is 0.0184. The number of hydrogen-bond donors (Lipinski definition) is 2. The van der Waals surface area contributed by atoms with Crippen LogP contribution in [0.15, 0.2) is 35.3 Å². The lowest BCUT2D eigenvalue weighted by Crippen LogP contribution is -2.04. The predicted octanol–water partition coefficient (Wildman–Crippen LogP) is 3.26. The summed E-state index contributed by atoms with van der Waals surface area (Å²) in [4.78, 5) is 20.7. The van der Waals surface area contributed by atoms with Gasteiger partial charge in [-0.25, -0.2) is 14.5 Å². The van der Waals surface area contributed by atoms with Gasteiger partial charge in [0, 0.05) is 11.6 Å². The molecule has 0 atom stereocenters. The maximum Gasteiger partial charge on any atom is 0.388 e. The molecule has 0 fully saturated rings. The van der Waals surface area contributed by atoms with Crippen LogP contribution >= 0.6 is 0 Å². The van der Waals surface area contributed by atoms with E-state index in [4.69, 9.17) is 0 Å². The van der Waals surface area contributed by atoms with Crippen molar-refractivity contribution in [2.24, 2.45) is 0 Å². The van der Waals surface area contributed by atoms with E-state index in [1.165, 1.54) is 6.07 Å². The van der Waals surface area contributed by atoms with Crippen molar-refractivity contribution in [2.75, 3.05) is 0 Å². The molecular weight excluding hydrogens is 358 g/mol. The van der Waals surface area contributed by atoms with Crippen molar-refractivity contribution in [3.63, 3.8) is 0 Å². The molecule has 7 nitrogen and oxygen atoms in total. The standard InChI is InChI=1S/C15H9F4N5O2/c16-13(17)24-5-8(12(23-24)26-14(18)19)6-1-2-9-7(3-6)4-10-11(20-9)22-15(25)21-10/h1-5,13-14H,(H2,20,21,22,25). The lowest BCUT2D eigenvalue weighted by atomic mass is 10.1. The maximum absolute atomic E-state index is 12.9. The van der Waals surface area contributed by atoms with E-state index in [0.29, 0.717) is 27.6 Å². The average Bonchev–Trinajstić information content (AvgIpc) is 3.13. The molecular formula is C15H9F4N5O2. The van der Waals surface area contributed by atoms with Gasteiger partial charge in [0.15, 0.2) is 5.65 Å². The van der Waals surface area contributed by atoms with E-state index in [0.717, 1.165) is 6.20 Å². The first-order valence-electron chi connectivity index (χ1n) is 7.26. The van der Waals surface area contributed by atoms with Crippen LogP contribution in [0.3, 0.4) is 0 Å². The first-order chi connectivity index (χ1) is 12.4. The van der Waals surface area contributed by atoms with Crippen LogP contribution in [0.5, 0.6) is 5.88 Å². The summed E-state index contributed by atoms with van der Waals surface area (Å²) in [6, 6.07) is 6.26. The Hall–Kier alpha value is -3.37. The van der Waals surface area contributed by atoms with Gasteiger partial charge in [0.1, 0.15) is 0 Å². The number of alkyl halides is 4. The zero-order valence-corrected chi connectivity index (χ0v) is 12.7. The molecule has 0 aliphatic heterocycles. The number of hydrogen-bond acceptors (Lipinski definition) is 4. The van der Waals surface area contributed by atoms with Crippen molar-refractivity contribution in [2.45, 2.75) is 13.2 Å². The molecule has 134 valence electrons. The highest BCUT2D eigenvalue weighted by atomic mass is 19.3. The van der Waals surface area contributed by atoms with Gasteiger partial charge in [0.25, 0.3) is 0 Å². The second-order valence-corrected chi connectivity index (χ2v) is 5.36. The Morgan fingerprint density at radius 1 is 1.12 bits per heavy atom. The van der Waals surface area contributed by atoms with E-state index in [2.05, 4.69) is 24.8 Å². The molecule has 0 bridgehead atoms. The van der Waals surface area contributed by atoms with Crippen LogP contribution in [-0.2, 0) is 0 Å². The molecule has 4 rings (SSSR count). The summed E-state index contributed by atoms with van der Waals surface area (Å²) >= 11 is 0. The number of ether oxygens (including phenoxy) is 1. The Labute approximate surface area is 141 Å². The van der Waals surface area contributed by atoms with Crippen LogP contribution in [0.1, 0.15) is 6.55 Å². The van der Waals surface area contributed by atoms with Gasteiger partial charge >= 0.3 is 18.9 Å². The number of halogens is 4. The van der Waals surface area contributed by atoms with Gasteiger partial charge in [0.2, 0.25) is 5.88 Å². The van der Waals surface area contributed by atoms with Crippen molar-refractivity contribution >= 4 is 22.1 Å². The molecule has 0 aliphatic carbocycles. The minimum Gasteiger partial charge on any atom is -0.415 e. The number of benzene rings is 1. The highest BCUT2D eigenvalue weighted by Gasteiger charge is 2.20. The second-order valence-electron chi connectivity index (χ2n) is 5.36. The zero-order valence-electron chi connectivity index (χ0n) is 12.7. The summed E-state index contributed by atoms with van der Waals surface area (Å²) < 4.78 is 55.3. The molecule has 0 spiro atoms. The quantitative estimate of drug-likeness (QED) is 0.542. The fourth-order valence-corrected chi connectivity index (χ4v) is 2.64. The normalized spacial score (nSPS) is 11.9. The molecule has 11 heteroatoms. The molecule has 0 aliphatic rings. The number of imidazole rings is 1. The Morgan fingerprint density at radius 3 is 2.65 bits per heavy atom. The number of fused-ring (bicyclic) bond motifs is 2. The van der Waals surface area contributed by atoms with E-state index in [9.17, 15) is 22.4 Å². The summed E-state index contributed by atoms with van der Waals surface area (Å²) in [7, 11) is 0. The molecule has 0 saturated carbocycles. The number of aromatic nitrogens is 5. The lowest BCUT2D eigenvalue weighted by Gasteiger charge is -2.05. The van der Waals surface area contributed by atoms with E-state index < -0.39 is 24.7 Å². The van der Waals surface area contributed by atoms with Crippen LogP contribution < -0.4 is 10.4 Å². The fourth-order valence-electron chi connectivity index (χ4n) is 2.64. The summed E-state index contributed by atoms with van der Waals surface area (Å²) in [5.41, 5.74) is 1.23. The number of rotatable bonds is 4. The largest absolute Gasteiger partial charge is 0.415 e. The highest BCUT2D eigenvalue weighted by molar-refractivity contribution is 5.92. The Balaban J connectivity index is 1.87. The maximum atomic E-state index is 12.9. The molecule has 26 heavy (non-hydrogen) atoms. The number of aromatic amines is 2. The third-order valence-electron chi connectivity index (χ3n) is 3.70. The Bertz CT molecular complexity index is 1160. The van der Waals surface area contributed by atoms with Crippen molar-refractivity contribution in [1.29, 1.82) is 0 Å². The second kappa shape index (κ2) is 5.86. The molecule has 4 aromatic rings. The van der Waals surface area contributed by atoms with Crippen LogP contribution in [0.2, 0.25) is 0 Å². The van der Waals surface area contributed by atoms with Gasteiger partial charge < -0.3 is 9.72 Å². The first-order valence-corrected chi connectivity index (χ1v) is 7.26. The minimum atomic E-state index is -3.21. The van der Waals surface area contributed by atoms with Gasteiger partial charge in [-0.1, -0.05) is 6.07 Å². The van der Waals surface area contributed by atoms with Crippen molar-refractivity contribution in [1.82, 2.24) is 24.7 Å². The molecule has 0 radical (unpaired) electrons. The summed E-state index contributed by atoms with van der Waals surface area (Å²) in [5.74, 6) is -0.608. The topological polar surface area (TPSA) is 88.6 Å². The third-order valence-corrected chi connectivity index (χ3v) is 3.70. The smallest absolute Gasteiger partial charge is 0.388 e. The summed E-state index contributed by atoms with van der Waals surface area (Å²) in [5, 5.41) is 3.92. The van der Waals surface area contributed by atoms with Gasteiger partial charge in [-0.05, 0) is 23.8 Å². The molecule has 0 saturated heterocycles. The van der Waals surface area contributed by atoms with E-state index in [1.807, 2.05) is 0 Å². The van der Waals surface area contributed by atoms with Crippen molar-refractivity contribution in [3.8, 4) is 17.0 Å². The number of H-pyrrole nitrogens is 2. The van der Waals surface area contributed by atoms with Gasteiger partial charge in [-0.15, -0.1) is 5.10 Å². The van der Waals surface area contributed by atoms with Crippen LogP contribution in [0.25, 0.3) is 33.2 Å². The lowest BCUT2D eigenvalue weighted by molar-refractivity contribution is -0.0541. The molecule has 3 aromatic heterocycles. The average molecular weight is 367 g/mol. The summed E-state index contributed by atoms with van der Waals surface area (Å²) in [6.45, 7) is -6.21. The number of nitrogens with one attached hydrogen (secondary N) is 2.